The van der Waals surface area contributed by atoms with Gasteiger partial charge in [0.2, 0.25) is 0 Å². The summed E-state index contributed by atoms with van der Waals surface area (Å²) < 4.78 is 5.27. The van der Waals surface area contributed by atoms with Crippen molar-refractivity contribution in [1.29, 1.82) is 0 Å². The highest BCUT2D eigenvalue weighted by atomic mass is 16.5. The van der Waals surface area contributed by atoms with Crippen LogP contribution in [0, 0.1) is 0 Å². The first-order valence-electron chi connectivity index (χ1n) is 6.89. The van der Waals surface area contributed by atoms with Crippen LogP contribution in [0.4, 0.5) is 5.69 Å². The van der Waals surface area contributed by atoms with Gasteiger partial charge in [0.05, 0.1) is 0 Å². The zero-order chi connectivity index (χ0) is 13.8. The van der Waals surface area contributed by atoms with Crippen molar-refractivity contribution in [2.45, 2.75) is 19.3 Å². The fourth-order valence-corrected chi connectivity index (χ4v) is 2.41. The molecular formula is C15H17N3O2. The minimum absolute atomic E-state index is 0.352. The summed E-state index contributed by atoms with van der Waals surface area (Å²) in [6.07, 6.45) is 5.33. The molecule has 2 aromatic rings. The van der Waals surface area contributed by atoms with Gasteiger partial charge in [-0.3, -0.25) is 5.10 Å². The first kappa shape index (κ1) is 12.7. The molecule has 0 radical (unpaired) electrons. The van der Waals surface area contributed by atoms with Gasteiger partial charge in [0, 0.05) is 25.0 Å². The number of nitrogens with one attached hydrogen (secondary N) is 1. The average molecular weight is 271 g/mol. The molecule has 0 atom stereocenters. The van der Waals surface area contributed by atoms with Crippen molar-refractivity contribution in [2.24, 2.45) is 0 Å². The molecule has 104 valence electrons. The Hall–Kier alpha value is -2.30. The second-order valence-corrected chi connectivity index (χ2v) is 4.90. The summed E-state index contributed by atoms with van der Waals surface area (Å²) >= 11 is 0. The van der Waals surface area contributed by atoms with Crippen molar-refractivity contribution in [3.63, 3.8) is 0 Å². The molecule has 0 aliphatic carbocycles. The molecule has 0 unspecified atom stereocenters. The number of esters is 1. The second-order valence-electron chi connectivity index (χ2n) is 4.90. The fourth-order valence-electron chi connectivity index (χ4n) is 2.41. The van der Waals surface area contributed by atoms with E-state index >= 15 is 0 Å². The Bertz CT molecular complexity index is 557. The largest absolute Gasteiger partial charge is 0.422 e. The molecular weight excluding hydrogens is 254 g/mol. The van der Waals surface area contributed by atoms with Crippen LogP contribution in [-0.4, -0.2) is 29.3 Å². The molecule has 3 rings (SSSR count). The minimum Gasteiger partial charge on any atom is -0.422 e. The summed E-state index contributed by atoms with van der Waals surface area (Å²) in [5.74, 6) is 0.124. The Labute approximate surface area is 117 Å². The Balaban J connectivity index is 1.65. The van der Waals surface area contributed by atoms with Gasteiger partial charge in [0.15, 0.2) is 0 Å². The number of hydrogen-bond acceptors (Lipinski definition) is 4. The van der Waals surface area contributed by atoms with Gasteiger partial charge in [-0.1, -0.05) is 0 Å². The summed E-state index contributed by atoms with van der Waals surface area (Å²) in [6.45, 7) is 2.21. The van der Waals surface area contributed by atoms with E-state index in [-0.39, 0.29) is 0 Å². The van der Waals surface area contributed by atoms with Gasteiger partial charge in [-0.05, 0) is 49.6 Å². The molecule has 1 aliphatic rings. The third-order valence-corrected chi connectivity index (χ3v) is 3.49. The predicted octanol–water partition coefficient (Wildman–Crippen LogP) is 2.62. The number of aromatic amines is 1. The summed E-state index contributed by atoms with van der Waals surface area (Å²) in [5.41, 5.74) is 1.54. The summed E-state index contributed by atoms with van der Waals surface area (Å²) in [7, 11) is 0. The summed E-state index contributed by atoms with van der Waals surface area (Å²) in [5, 5.41) is 6.32. The number of ether oxygens (including phenoxy) is 1. The molecule has 0 bridgehead atoms. The minimum atomic E-state index is -0.423. The first-order chi connectivity index (χ1) is 9.83. The molecule has 0 amide bonds. The number of carbonyl (C=O) groups is 1. The molecule has 20 heavy (non-hydrogen) atoms. The first-order valence-corrected chi connectivity index (χ1v) is 6.89. The number of carbonyl (C=O) groups excluding carboxylic acids is 1. The zero-order valence-electron chi connectivity index (χ0n) is 11.2. The molecule has 5 nitrogen and oxygen atoms in total. The summed E-state index contributed by atoms with van der Waals surface area (Å²) in [6, 6.07) is 9.25. The van der Waals surface area contributed by atoms with Crippen molar-refractivity contribution < 1.29 is 9.53 Å². The molecule has 1 aliphatic heterocycles. The van der Waals surface area contributed by atoms with Crippen LogP contribution in [0.5, 0.6) is 5.75 Å². The van der Waals surface area contributed by atoms with E-state index in [0.29, 0.717) is 11.4 Å². The van der Waals surface area contributed by atoms with E-state index in [4.69, 9.17) is 4.74 Å². The lowest BCUT2D eigenvalue weighted by Gasteiger charge is -2.28. The molecule has 1 aromatic heterocycles. The highest BCUT2D eigenvalue weighted by molar-refractivity contribution is 5.88. The van der Waals surface area contributed by atoms with Crippen LogP contribution >= 0.6 is 0 Å². The Morgan fingerprint density at radius 2 is 1.85 bits per heavy atom. The van der Waals surface area contributed by atoms with E-state index in [1.165, 1.54) is 31.1 Å². The maximum absolute atomic E-state index is 11.8. The number of nitrogens with zero attached hydrogens (tertiary/aromatic N) is 2. The van der Waals surface area contributed by atoms with E-state index in [9.17, 15) is 4.79 Å². The van der Waals surface area contributed by atoms with Crippen LogP contribution in [0.3, 0.4) is 0 Å². The monoisotopic (exact) mass is 271 g/mol. The van der Waals surface area contributed by atoms with Crippen molar-refractivity contribution in [3.8, 4) is 5.75 Å². The topological polar surface area (TPSA) is 58.2 Å². The molecule has 5 heteroatoms. The number of hydrogen-bond donors (Lipinski definition) is 1. The molecule has 1 aromatic carbocycles. The van der Waals surface area contributed by atoms with E-state index in [2.05, 4.69) is 15.1 Å². The van der Waals surface area contributed by atoms with Crippen molar-refractivity contribution in [3.05, 3.63) is 42.2 Å². The number of rotatable bonds is 3. The van der Waals surface area contributed by atoms with Crippen LogP contribution in [0.1, 0.15) is 29.8 Å². The number of anilines is 1. The standard InChI is InChI=1S/C15H17N3O2/c19-15(14-8-9-16-17-14)20-13-6-4-12(5-7-13)18-10-2-1-3-11-18/h4-9H,1-3,10-11H2,(H,16,17). The van der Waals surface area contributed by atoms with Crippen molar-refractivity contribution >= 4 is 11.7 Å². The van der Waals surface area contributed by atoms with Crippen LogP contribution in [0.2, 0.25) is 0 Å². The predicted molar refractivity (Wildman–Crippen MR) is 76.1 cm³/mol. The highest BCUT2D eigenvalue weighted by Crippen LogP contribution is 2.23. The second kappa shape index (κ2) is 5.77. The molecule has 1 fully saturated rings. The van der Waals surface area contributed by atoms with E-state index in [0.717, 1.165) is 13.1 Å². The number of piperidine rings is 1. The maximum atomic E-state index is 11.8. The van der Waals surface area contributed by atoms with Gasteiger partial charge >= 0.3 is 5.97 Å². The molecule has 1 saturated heterocycles. The Kier molecular flexibility index (Phi) is 3.67. The Morgan fingerprint density at radius 3 is 2.50 bits per heavy atom. The lowest BCUT2D eigenvalue weighted by atomic mass is 10.1. The Morgan fingerprint density at radius 1 is 1.10 bits per heavy atom. The van der Waals surface area contributed by atoms with E-state index in [1.807, 2.05) is 24.3 Å². The third kappa shape index (κ3) is 2.82. The molecule has 0 saturated carbocycles. The fraction of sp³-hybridized carbons (Fsp3) is 0.333. The van der Waals surface area contributed by atoms with Gasteiger partial charge in [-0.2, -0.15) is 5.10 Å². The average Bonchev–Trinajstić information content (AvgIpc) is 3.03. The maximum Gasteiger partial charge on any atom is 0.361 e. The van der Waals surface area contributed by atoms with Crippen LogP contribution in [0.15, 0.2) is 36.5 Å². The highest BCUT2D eigenvalue weighted by Gasteiger charge is 2.12. The SMILES string of the molecule is O=C(Oc1ccc(N2CCCCC2)cc1)c1ccn[nH]1. The lowest BCUT2D eigenvalue weighted by molar-refractivity contribution is 0.0728. The van der Waals surface area contributed by atoms with E-state index in [1.54, 1.807) is 6.07 Å². The van der Waals surface area contributed by atoms with Crippen LogP contribution in [0.25, 0.3) is 0 Å². The van der Waals surface area contributed by atoms with E-state index < -0.39 is 5.97 Å². The van der Waals surface area contributed by atoms with Gasteiger partial charge < -0.3 is 9.64 Å². The lowest BCUT2D eigenvalue weighted by Crippen LogP contribution is -2.29. The van der Waals surface area contributed by atoms with Gasteiger partial charge in [0.25, 0.3) is 0 Å². The van der Waals surface area contributed by atoms with Gasteiger partial charge in [-0.15, -0.1) is 0 Å². The smallest absolute Gasteiger partial charge is 0.361 e. The van der Waals surface area contributed by atoms with Crippen molar-refractivity contribution in [2.75, 3.05) is 18.0 Å². The number of aromatic nitrogens is 2. The summed E-state index contributed by atoms with van der Waals surface area (Å²) in [4.78, 5) is 14.1. The van der Waals surface area contributed by atoms with Gasteiger partial charge in [-0.25, -0.2) is 4.79 Å². The molecule has 1 N–H and O–H groups in total. The number of H-pyrrole nitrogens is 1. The normalized spacial score (nSPS) is 15.1. The quantitative estimate of drug-likeness (QED) is 0.688. The van der Waals surface area contributed by atoms with Crippen molar-refractivity contribution in [1.82, 2.24) is 10.2 Å². The van der Waals surface area contributed by atoms with Crippen LogP contribution < -0.4 is 9.64 Å². The van der Waals surface area contributed by atoms with Crippen LogP contribution in [-0.2, 0) is 0 Å². The number of benzene rings is 1. The molecule has 0 spiro atoms. The van der Waals surface area contributed by atoms with Gasteiger partial charge in [0.1, 0.15) is 11.4 Å². The third-order valence-electron chi connectivity index (χ3n) is 3.49. The zero-order valence-corrected chi connectivity index (χ0v) is 11.2. The molecule has 2 heterocycles.